The molecule has 1 atom stereocenters. The maximum Gasteiger partial charge on any atom is 0.113 e. The second kappa shape index (κ2) is 5.67. The molecule has 2 aromatic rings. The van der Waals surface area contributed by atoms with E-state index in [1.807, 2.05) is 26.2 Å². The molecule has 0 aliphatic heterocycles. The van der Waals surface area contributed by atoms with Crippen molar-refractivity contribution < 1.29 is 0 Å². The molecule has 0 amide bonds. The SMILES string of the molecule is CC.c1ccc2c(c1)CCCC2c1ncc[nH]1. The second-order valence-electron chi connectivity index (χ2n) is 4.12. The van der Waals surface area contributed by atoms with E-state index in [-0.39, 0.29) is 0 Å². The van der Waals surface area contributed by atoms with Crippen LogP contribution in [0.2, 0.25) is 0 Å². The van der Waals surface area contributed by atoms with Crippen LogP contribution >= 0.6 is 0 Å². The van der Waals surface area contributed by atoms with Gasteiger partial charge >= 0.3 is 0 Å². The Hall–Kier alpha value is -1.57. The molecule has 1 N–H and O–H groups in total. The molecule has 1 aromatic carbocycles. The first-order valence-corrected chi connectivity index (χ1v) is 6.52. The summed E-state index contributed by atoms with van der Waals surface area (Å²) in [6.45, 7) is 4.00. The summed E-state index contributed by atoms with van der Waals surface area (Å²) in [6, 6.07) is 8.73. The Kier molecular flexibility index (Phi) is 3.97. The number of hydrogen-bond acceptors (Lipinski definition) is 1. The van der Waals surface area contributed by atoms with E-state index in [9.17, 15) is 0 Å². The molecule has 1 unspecified atom stereocenters. The van der Waals surface area contributed by atoms with Crippen molar-refractivity contribution in [2.24, 2.45) is 0 Å². The van der Waals surface area contributed by atoms with Crippen LogP contribution < -0.4 is 0 Å². The first-order valence-electron chi connectivity index (χ1n) is 6.52. The van der Waals surface area contributed by atoms with Gasteiger partial charge in [0.05, 0.1) is 0 Å². The van der Waals surface area contributed by atoms with Crippen LogP contribution in [-0.2, 0) is 6.42 Å². The highest BCUT2D eigenvalue weighted by Gasteiger charge is 2.22. The van der Waals surface area contributed by atoms with Gasteiger partial charge < -0.3 is 4.98 Å². The quantitative estimate of drug-likeness (QED) is 0.787. The largest absolute Gasteiger partial charge is 0.348 e. The molecular formula is C15H20N2. The van der Waals surface area contributed by atoms with Crippen LogP contribution in [0.1, 0.15) is 49.6 Å². The Bertz CT molecular complexity index is 446. The van der Waals surface area contributed by atoms with Crippen LogP contribution in [0, 0.1) is 0 Å². The molecule has 1 aliphatic carbocycles. The minimum atomic E-state index is 0.477. The van der Waals surface area contributed by atoms with Gasteiger partial charge in [-0.05, 0) is 30.4 Å². The summed E-state index contributed by atoms with van der Waals surface area (Å²) in [5.41, 5.74) is 2.95. The van der Waals surface area contributed by atoms with Crippen molar-refractivity contribution in [3.8, 4) is 0 Å². The van der Waals surface area contributed by atoms with Gasteiger partial charge in [0, 0.05) is 18.3 Å². The number of nitrogens with one attached hydrogen (secondary N) is 1. The monoisotopic (exact) mass is 228 g/mol. The van der Waals surface area contributed by atoms with Crippen LogP contribution in [0.4, 0.5) is 0 Å². The highest BCUT2D eigenvalue weighted by atomic mass is 14.9. The fourth-order valence-corrected chi connectivity index (χ4v) is 2.51. The van der Waals surface area contributed by atoms with Crippen LogP contribution in [0.15, 0.2) is 36.7 Å². The molecule has 90 valence electrons. The van der Waals surface area contributed by atoms with E-state index in [0.29, 0.717) is 5.92 Å². The predicted octanol–water partition coefficient (Wildman–Crippen LogP) is 3.90. The second-order valence-corrected chi connectivity index (χ2v) is 4.12. The highest BCUT2D eigenvalue weighted by molar-refractivity contribution is 5.36. The van der Waals surface area contributed by atoms with Crippen molar-refractivity contribution in [2.75, 3.05) is 0 Å². The van der Waals surface area contributed by atoms with E-state index in [1.54, 1.807) is 0 Å². The lowest BCUT2D eigenvalue weighted by Gasteiger charge is -2.23. The molecule has 0 bridgehead atoms. The van der Waals surface area contributed by atoms with E-state index < -0.39 is 0 Å². The lowest BCUT2D eigenvalue weighted by atomic mass is 9.82. The maximum atomic E-state index is 4.38. The number of imidazole rings is 1. The average Bonchev–Trinajstić information content (AvgIpc) is 2.94. The van der Waals surface area contributed by atoms with Crippen molar-refractivity contribution in [1.29, 1.82) is 0 Å². The van der Waals surface area contributed by atoms with E-state index in [2.05, 4.69) is 34.2 Å². The summed E-state index contributed by atoms with van der Waals surface area (Å²) < 4.78 is 0. The van der Waals surface area contributed by atoms with Gasteiger partial charge in [0.15, 0.2) is 0 Å². The smallest absolute Gasteiger partial charge is 0.113 e. The molecule has 2 nitrogen and oxygen atoms in total. The van der Waals surface area contributed by atoms with Crippen molar-refractivity contribution in [2.45, 2.75) is 39.0 Å². The molecule has 17 heavy (non-hydrogen) atoms. The average molecular weight is 228 g/mol. The normalized spacial score (nSPS) is 17.9. The minimum Gasteiger partial charge on any atom is -0.348 e. The van der Waals surface area contributed by atoms with Crippen LogP contribution in [-0.4, -0.2) is 9.97 Å². The fraction of sp³-hybridized carbons (Fsp3) is 0.400. The van der Waals surface area contributed by atoms with Gasteiger partial charge in [-0.15, -0.1) is 0 Å². The Morgan fingerprint density at radius 3 is 2.82 bits per heavy atom. The zero-order chi connectivity index (χ0) is 12.1. The molecule has 1 heterocycles. The van der Waals surface area contributed by atoms with Crippen molar-refractivity contribution >= 4 is 0 Å². The van der Waals surface area contributed by atoms with Crippen molar-refractivity contribution in [3.63, 3.8) is 0 Å². The Morgan fingerprint density at radius 2 is 2.06 bits per heavy atom. The highest BCUT2D eigenvalue weighted by Crippen LogP contribution is 2.34. The third-order valence-corrected chi connectivity index (χ3v) is 3.22. The van der Waals surface area contributed by atoms with Gasteiger partial charge in [-0.1, -0.05) is 38.1 Å². The lowest BCUT2D eigenvalue weighted by molar-refractivity contribution is 0.595. The lowest BCUT2D eigenvalue weighted by Crippen LogP contribution is -2.11. The van der Waals surface area contributed by atoms with Crippen LogP contribution in [0.25, 0.3) is 0 Å². The number of hydrogen-bond donors (Lipinski definition) is 1. The number of H-pyrrole nitrogens is 1. The van der Waals surface area contributed by atoms with Crippen molar-refractivity contribution in [3.05, 3.63) is 53.6 Å². The molecule has 0 radical (unpaired) electrons. The van der Waals surface area contributed by atoms with E-state index in [1.165, 1.54) is 30.4 Å². The van der Waals surface area contributed by atoms with Crippen molar-refractivity contribution in [1.82, 2.24) is 9.97 Å². The van der Waals surface area contributed by atoms with E-state index >= 15 is 0 Å². The number of fused-ring (bicyclic) bond motifs is 1. The first kappa shape index (κ1) is 11.9. The number of nitrogens with zero attached hydrogens (tertiary/aromatic N) is 1. The molecule has 0 spiro atoms. The first-order chi connectivity index (χ1) is 8.45. The summed E-state index contributed by atoms with van der Waals surface area (Å²) in [4.78, 5) is 7.62. The Morgan fingerprint density at radius 1 is 1.24 bits per heavy atom. The molecule has 2 heteroatoms. The predicted molar refractivity (Wildman–Crippen MR) is 71.2 cm³/mol. The zero-order valence-corrected chi connectivity index (χ0v) is 10.6. The molecule has 1 aliphatic rings. The molecule has 3 rings (SSSR count). The van der Waals surface area contributed by atoms with E-state index in [0.717, 1.165) is 5.82 Å². The summed E-state index contributed by atoms with van der Waals surface area (Å²) in [7, 11) is 0. The van der Waals surface area contributed by atoms with Crippen LogP contribution in [0.5, 0.6) is 0 Å². The van der Waals surface area contributed by atoms with Gasteiger partial charge in [0.2, 0.25) is 0 Å². The fourth-order valence-electron chi connectivity index (χ4n) is 2.51. The minimum absolute atomic E-state index is 0.477. The number of rotatable bonds is 1. The third kappa shape index (κ3) is 2.41. The van der Waals surface area contributed by atoms with Crippen LogP contribution in [0.3, 0.4) is 0 Å². The molecule has 0 saturated carbocycles. The third-order valence-electron chi connectivity index (χ3n) is 3.22. The molecular weight excluding hydrogens is 208 g/mol. The van der Waals surface area contributed by atoms with E-state index in [4.69, 9.17) is 0 Å². The maximum absolute atomic E-state index is 4.38. The number of benzene rings is 1. The molecule has 0 saturated heterocycles. The summed E-state index contributed by atoms with van der Waals surface area (Å²) in [5, 5.41) is 0. The van der Waals surface area contributed by atoms with Gasteiger partial charge in [-0.25, -0.2) is 4.98 Å². The number of aromatic nitrogens is 2. The van der Waals surface area contributed by atoms with Gasteiger partial charge in [0.25, 0.3) is 0 Å². The standard InChI is InChI=1S/C13H14N2.C2H6/c1-2-6-11-10(4-1)5-3-7-12(11)13-14-8-9-15-13;1-2/h1-2,4,6,8-9,12H,3,5,7H2,(H,14,15);1-2H3. The zero-order valence-electron chi connectivity index (χ0n) is 10.6. The summed E-state index contributed by atoms with van der Waals surface area (Å²) >= 11 is 0. The van der Waals surface area contributed by atoms with Gasteiger partial charge in [0.1, 0.15) is 5.82 Å². The summed E-state index contributed by atoms with van der Waals surface area (Å²) in [5.74, 6) is 1.59. The number of aromatic amines is 1. The number of aryl methyl sites for hydroxylation is 1. The Labute approximate surface area is 103 Å². The molecule has 0 fully saturated rings. The van der Waals surface area contributed by atoms with Gasteiger partial charge in [-0.3, -0.25) is 0 Å². The topological polar surface area (TPSA) is 28.7 Å². The summed E-state index contributed by atoms with van der Waals surface area (Å²) in [6.07, 6.45) is 7.44. The van der Waals surface area contributed by atoms with Gasteiger partial charge in [-0.2, -0.15) is 0 Å². The Balaban J connectivity index is 0.000000514. The molecule has 1 aromatic heterocycles.